The summed E-state index contributed by atoms with van der Waals surface area (Å²) in [6, 6.07) is 6.86. The van der Waals surface area contributed by atoms with Crippen LogP contribution >= 0.6 is 12.4 Å². The van der Waals surface area contributed by atoms with Gasteiger partial charge in [-0.2, -0.15) is 0 Å². The predicted molar refractivity (Wildman–Crippen MR) is 74.1 cm³/mol. The Hall–Kier alpha value is -1.06. The fourth-order valence-corrected chi connectivity index (χ4v) is 2.55. The molecule has 1 atom stereocenters. The Balaban J connectivity index is 0.00000162. The molecule has 0 bridgehead atoms. The fraction of sp³-hybridized carbons (Fsp3) is 0.500. The van der Waals surface area contributed by atoms with Gasteiger partial charge in [-0.1, -0.05) is 43.5 Å². The van der Waals surface area contributed by atoms with Crippen LogP contribution in [0.5, 0.6) is 0 Å². The minimum Gasteiger partial charge on any atom is -0.480 e. The van der Waals surface area contributed by atoms with Gasteiger partial charge in [0.1, 0.15) is 6.04 Å². The van der Waals surface area contributed by atoms with Gasteiger partial charge in [-0.05, 0) is 29.9 Å². The van der Waals surface area contributed by atoms with E-state index in [1.54, 1.807) is 0 Å². The molecular weight excluding hydrogens is 250 g/mol. The first-order chi connectivity index (χ1) is 8.18. The van der Waals surface area contributed by atoms with Crippen molar-refractivity contribution in [2.24, 2.45) is 5.73 Å². The van der Waals surface area contributed by atoms with Crippen LogP contribution in [-0.2, 0) is 4.79 Å². The van der Waals surface area contributed by atoms with E-state index in [1.807, 2.05) is 24.3 Å². The zero-order chi connectivity index (χ0) is 12.3. The Morgan fingerprint density at radius 2 is 1.72 bits per heavy atom. The average molecular weight is 270 g/mol. The van der Waals surface area contributed by atoms with Gasteiger partial charge < -0.3 is 10.8 Å². The number of hydrogen-bond donors (Lipinski definition) is 2. The van der Waals surface area contributed by atoms with Crippen molar-refractivity contribution in [1.29, 1.82) is 0 Å². The first-order valence-electron chi connectivity index (χ1n) is 6.26. The third kappa shape index (κ3) is 3.47. The van der Waals surface area contributed by atoms with Crippen LogP contribution in [-0.4, -0.2) is 11.1 Å². The third-order valence-electron chi connectivity index (χ3n) is 3.64. The summed E-state index contributed by atoms with van der Waals surface area (Å²) in [6.07, 6.45) is 6.47. The van der Waals surface area contributed by atoms with Crippen LogP contribution in [0, 0.1) is 0 Å². The van der Waals surface area contributed by atoms with Crippen LogP contribution in [0.4, 0.5) is 0 Å². The summed E-state index contributed by atoms with van der Waals surface area (Å²) < 4.78 is 0. The number of hydrogen-bond acceptors (Lipinski definition) is 2. The van der Waals surface area contributed by atoms with Gasteiger partial charge in [-0.25, -0.2) is 0 Å². The summed E-state index contributed by atoms with van der Waals surface area (Å²) in [7, 11) is 0. The molecule has 3 N–H and O–H groups in total. The number of rotatable bonds is 3. The van der Waals surface area contributed by atoms with Gasteiger partial charge in [0.15, 0.2) is 0 Å². The number of carbonyl (C=O) groups is 1. The van der Waals surface area contributed by atoms with Crippen LogP contribution in [0.2, 0.25) is 0 Å². The monoisotopic (exact) mass is 269 g/mol. The molecule has 18 heavy (non-hydrogen) atoms. The van der Waals surface area contributed by atoms with E-state index in [0.717, 1.165) is 0 Å². The van der Waals surface area contributed by atoms with Gasteiger partial charge in [0, 0.05) is 0 Å². The Kier molecular flexibility index (Phi) is 5.63. The maximum absolute atomic E-state index is 10.8. The molecule has 1 aromatic carbocycles. The molecular formula is C14H20ClNO2. The van der Waals surface area contributed by atoms with Crippen molar-refractivity contribution in [3.63, 3.8) is 0 Å². The SMILES string of the molecule is Cl.N[C@H](C(=O)O)c1ccc(C2CCCCC2)cc1. The summed E-state index contributed by atoms with van der Waals surface area (Å²) in [6.45, 7) is 0. The molecule has 0 amide bonds. The molecule has 0 aliphatic heterocycles. The standard InChI is InChI=1S/C14H19NO2.ClH/c15-13(14(16)17)12-8-6-11(7-9-12)10-4-2-1-3-5-10;/h6-10,13H,1-5,15H2,(H,16,17);1H/t13-;/m0./s1. The van der Waals surface area contributed by atoms with Crippen LogP contribution in [0.1, 0.15) is 55.2 Å². The van der Waals surface area contributed by atoms with Crippen molar-refractivity contribution in [3.05, 3.63) is 35.4 Å². The molecule has 0 spiro atoms. The molecule has 0 heterocycles. The molecule has 1 aromatic rings. The second-order valence-corrected chi connectivity index (χ2v) is 4.82. The van der Waals surface area contributed by atoms with Crippen molar-refractivity contribution in [2.75, 3.05) is 0 Å². The molecule has 4 heteroatoms. The van der Waals surface area contributed by atoms with Gasteiger partial charge in [0.2, 0.25) is 0 Å². The minimum absolute atomic E-state index is 0. The summed E-state index contributed by atoms with van der Waals surface area (Å²) in [4.78, 5) is 10.8. The Morgan fingerprint density at radius 1 is 1.17 bits per heavy atom. The molecule has 1 saturated carbocycles. The van der Waals surface area contributed by atoms with Gasteiger partial charge in [0.05, 0.1) is 0 Å². The smallest absolute Gasteiger partial charge is 0.325 e. The number of carboxylic acids is 1. The van der Waals surface area contributed by atoms with E-state index < -0.39 is 12.0 Å². The molecule has 1 fully saturated rings. The molecule has 3 nitrogen and oxygen atoms in total. The molecule has 100 valence electrons. The van der Waals surface area contributed by atoms with E-state index in [0.29, 0.717) is 11.5 Å². The summed E-state index contributed by atoms with van der Waals surface area (Å²) in [5.74, 6) is -0.325. The van der Waals surface area contributed by atoms with Gasteiger partial charge >= 0.3 is 5.97 Å². The van der Waals surface area contributed by atoms with Gasteiger partial charge in [-0.15, -0.1) is 12.4 Å². The van der Waals surface area contributed by atoms with E-state index in [-0.39, 0.29) is 12.4 Å². The summed E-state index contributed by atoms with van der Waals surface area (Å²) in [5.41, 5.74) is 7.57. The number of nitrogens with two attached hydrogens (primary N) is 1. The maximum atomic E-state index is 10.8. The lowest BCUT2D eigenvalue weighted by molar-refractivity contribution is -0.138. The molecule has 2 rings (SSSR count). The summed E-state index contributed by atoms with van der Waals surface area (Å²) >= 11 is 0. The predicted octanol–water partition coefficient (Wildman–Crippen LogP) is 3.24. The van der Waals surface area contributed by atoms with Crippen LogP contribution in [0.3, 0.4) is 0 Å². The highest BCUT2D eigenvalue weighted by Gasteiger charge is 2.17. The van der Waals surface area contributed by atoms with E-state index >= 15 is 0 Å². The molecule has 0 saturated heterocycles. The minimum atomic E-state index is -0.976. The summed E-state index contributed by atoms with van der Waals surface area (Å²) in [5, 5.41) is 8.83. The van der Waals surface area contributed by atoms with Crippen LogP contribution in [0.25, 0.3) is 0 Å². The van der Waals surface area contributed by atoms with Crippen molar-refractivity contribution in [1.82, 2.24) is 0 Å². The largest absolute Gasteiger partial charge is 0.480 e. The van der Waals surface area contributed by atoms with Gasteiger partial charge in [-0.3, -0.25) is 4.79 Å². The quantitative estimate of drug-likeness (QED) is 0.885. The number of benzene rings is 1. The highest BCUT2D eigenvalue weighted by Crippen LogP contribution is 2.32. The van der Waals surface area contributed by atoms with E-state index in [2.05, 4.69) is 0 Å². The molecule has 1 aliphatic carbocycles. The third-order valence-corrected chi connectivity index (χ3v) is 3.64. The second kappa shape index (κ2) is 6.76. The van der Waals surface area contributed by atoms with Crippen molar-refractivity contribution in [2.45, 2.75) is 44.1 Å². The van der Waals surface area contributed by atoms with Crippen molar-refractivity contribution in [3.8, 4) is 0 Å². The Labute approximate surface area is 114 Å². The number of halogens is 1. The molecule has 0 aromatic heterocycles. The lowest BCUT2D eigenvalue weighted by atomic mass is 9.84. The molecule has 1 aliphatic rings. The van der Waals surface area contributed by atoms with Crippen LogP contribution < -0.4 is 5.73 Å². The van der Waals surface area contributed by atoms with E-state index in [9.17, 15) is 4.79 Å². The van der Waals surface area contributed by atoms with Crippen LogP contribution in [0.15, 0.2) is 24.3 Å². The lowest BCUT2D eigenvalue weighted by Gasteiger charge is -2.22. The fourth-order valence-electron chi connectivity index (χ4n) is 2.55. The first-order valence-corrected chi connectivity index (χ1v) is 6.26. The number of aliphatic carboxylic acids is 1. The first kappa shape index (κ1) is 15.0. The highest BCUT2D eigenvalue weighted by molar-refractivity contribution is 5.85. The van der Waals surface area contributed by atoms with Crippen molar-refractivity contribution < 1.29 is 9.90 Å². The second-order valence-electron chi connectivity index (χ2n) is 4.82. The van der Waals surface area contributed by atoms with E-state index in [4.69, 9.17) is 10.8 Å². The molecule has 0 radical (unpaired) electrons. The Morgan fingerprint density at radius 3 is 2.22 bits per heavy atom. The number of carboxylic acid groups (broad SMARTS) is 1. The normalized spacial score (nSPS) is 17.8. The zero-order valence-electron chi connectivity index (χ0n) is 10.3. The topological polar surface area (TPSA) is 63.3 Å². The van der Waals surface area contributed by atoms with Gasteiger partial charge in [0.25, 0.3) is 0 Å². The highest BCUT2D eigenvalue weighted by atomic mass is 35.5. The maximum Gasteiger partial charge on any atom is 0.325 e. The van der Waals surface area contributed by atoms with E-state index in [1.165, 1.54) is 37.7 Å². The lowest BCUT2D eigenvalue weighted by Crippen LogP contribution is -2.20. The zero-order valence-corrected chi connectivity index (χ0v) is 11.2. The Bertz CT molecular complexity index is 385. The average Bonchev–Trinajstić information content (AvgIpc) is 2.39. The molecule has 0 unspecified atom stereocenters. The van der Waals surface area contributed by atoms with Crippen molar-refractivity contribution >= 4 is 18.4 Å².